The molecule has 1 N–H and O–H groups in total. The van der Waals surface area contributed by atoms with E-state index in [0.29, 0.717) is 6.04 Å². The number of hydrogen-bond donors (Lipinski definition) is 1. The van der Waals surface area contributed by atoms with E-state index >= 15 is 0 Å². The minimum atomic E-state index is -0.0650. The summed E-state index contributed by atoms with van der Waals surface area (Å²) < 4.78 is 17.6. The lowest BCUT2D eigenvalue weighted by molar-refractivity contribution is -0.140. The molecule has 1 aromatic rings. The average molecular weight is 331 g/mol. The van der Waals surface area contributed by atoms with E-state index in [1.165, 1.54) is 11.1 Å². The number of hydrogen-bond acceptors (Lipinski definition) is 4. The Hall–Kier alpha value is -1.10. The van der Waals surface area contributed by atoms with Gasteiger partial charge < -0.3 is 19.5 Å². The summed E-state index contributed by atoms with van der Waals surface area (Å²) in [6.07, 6.45) is 5.28. The van der Waals surface area contributed by atoms with Crippen LogP contribution in [0.3, 0.4) is 0 Å². The van der Waals surface area contributed by atoms with Crippen LogP contribution in [0.5, 0.6) is 5.75 Å². The first-order chi connectivity index (χ1) is 11.5. The lowest BCUT2D eigenvalue weighted by Gasteiger charge is -2.43. The molecular weight excluding hydrogens is 302 g/mol. The summed E-state index contributed by atoms with van der Waals surface area (Å²) >= 11 is 0. The van der Waals surface area contributed by atoms with Crippen molar-refractivity contribution in [2.24, 2.45) is 0 Å². The first-order valence-electron chi connectivity index (χ1n) is 9.30. The Balaban J connectivity index is 1.35. The fraction of sp³-hybridized carbons (Fsp3) is 0.700. The van der Waals surface area contributed by atoms with E-state index in [4.69, 9.17) is 14.2 Å². The van der Waals surface area contributed by atoms with Crippen molar-refractivity contribution in [1.29, 1.82) is 0 Å². The number of benzene rings is 1. The summed E-state index contributed by atoms with van der Waals surface area (Å²) in [5.41, 5.74) is 2.68. The summed E-state index contributed by atoms with van der Waals surface area (Å²) in [7, 11) is 0. The predicted molar refractivity (Wildman–Crippen MR) is 93.5 cm³/mol. The van der Waals surface area contributed by atoms with Gasteiger partial charge >= 0.3 is 0 Å². The number of nitrogens with one attached hydrogen (secondary N) is 1. The van der Waals surface area contributed by atoms with Crippen LogP contribution in [0, 0.1) is 0 Å². The van der Waals surface area contributed by atoms with Crippen molar-refractivity contribution in [2.45, 2.75) is 69.7 Å². The Morgan fingerprint density at radius 2 is 2.00 bits per heavy atom. The van der Waals surface area contributed by atoms with Crippen molar-refractivity contribution >= 4 is 0 Å². The quantitative estimate of drug-likeness (QED) is 0.923. The first-order valence-corrected chi connectivity index (χ1v) is 9.30. The van der Waals surface area contributed by atoms with Gasteiger partial charge in [-0.3, -0.25) is 0 Å². The van der Waals surface area contributed by atoms with Crippen LogP contribution in [-0.2, 0) is 22.4 Å². The maximum Gasteiger partial charge on any atom is 0.123 e. The molecule has 0 aromatic heterocycles. The molecule has 0 aliphatic carbocycles. The van der Waals surface area contributed by atoms with Crippen molar-refractivity contribution in [1.82, 2.24) is 5.32 Å². The van der Waals surface area contributed by atoms with Crippen LogP contribution in [0.1, 0.15) is 50.7 Å². The monoisotopic (exact) mass is 331 g/mol. The zero-order valence-electron chi connectivity index (χ0n) is 14.9. The molecule has 3 aliphatic rings. The Bertz CT molecular complexity index is 587. The van der Waals surface area contributed by atoms with Crippen LogP contribution in [0.4, 0.5) is 0 Å². The van der Waals surface area contributed by atoms with Gasteiger partial charge in [-0.05, 0) is 56.7 Å². The van der Waals surface area contributed by atoms with E-state index < -0.39 is 0 Å². The van der Waals surface area contributed by atoms with Crippen LogP contribution in [0.25, 0.3) is 0 Å². The SMILES string of the molecule is CC1(C)Cc2cc(CN[C@H]3CCOC4(CCOCC4)C3)ccc2O1. The van der Waals surface area contributed by atoms with Gasteiger partial charge in [0.1, 0.15) is 11.4 Å². The number of ether oxygens (including phenoxy) is 3. The van der Waals surface area contributed by atoms with Gasteiger partial charge in [-0.2, -0.15) is 0 Å². The third-order valence-corrected chi connectivity index (χ3v) is 5.62. The lowest BCUT2D eigenvalue weighted by atomic mass is 9.84. The van der Waals surface area contributed by atoms with Crippen LogP contribution in [0.15, 0.2) is 18.2 Å². The van der Waals surface area contributed by atoms with Crippen LogP contribution >= 0.6 is 0 Å². The minimum Gasteiger partial charge on any atom is -0.487 e. The first kappa shape index (κ1) is 16.4. The zero-order valence-corrected chi connectivity index (χ0v) is 14.9. The standard InChI is InChI=1S/C20H29NO3/c1-19(2)12-16-11-15(3-4-18(16)24-19)14-21-17-5-8-23-20(13-17)6-9-22-10-7-20/h3-4,11,17,21H,5-10,12-14H2,1-2H3/t17-/m0/s1. The number of fused-ring (bicyclic) bond motifs is 1. The van der Waals surface area contributed by atoms with Crippen molar-refractivity contribution in [2.75, 3.05) is 19.8 Å². The summed E-state index contributed by atoms with van der Waals surface area (Å²) in [6, 6.07) is 7.17. The molecule has 24 heavy (non-hydrogen) atoms. The molecule has 3 aliphatic heterocycles. The molecule has 0 saturated carbocycles. The second-order valence-electron chi connectivity index (χ2n) is 8.20. The normalized spacial score (nSPS) is 27.7. The highest BCUT2D eigenvalue weighted by molar-refractivity contribution is 5.41. The molecule has 0 amide bonds. The maximum absolute atomic E-state index is 6.14. The highest BCUT2D eigenvalue weighted by Crippen LogP contribution is 2.36. The van der Waals surface area contributed by atoms with Crippen LogP contribution < -0.4 is 10.1 Å². The molecule has 0 bridgehead atoms. The second kappa shape index (κ2) is 6.32. The Kier molecular flexibility index (Phi) is 4.31. The van der Waals surface area contributed by atoms with Gasteiger partial charge in [-0.1, -0.05) is 12.1 Å². The average Bonchev–Trinajstić information content (AvgIpc) is 2.87. The summed E-state index contributed by atoms with van der Waals surface area (Å²) in [5, 5.41) is 3.76. The molecular formula is C20H29NO3. The van der Waals surface area contributed by atoms with Crippen LogP contribution in [-0.4, -0.2) is 37.1 Å². The topological polar surface area (TPSA) is 39.7 Å². The fourth-order valence-corrected chi connectivity index (χ4v) is 4.33. The third kappa shape index (κ3) is 3.46. The predicted octanol–water partition coefficient (Wildman–Crippen LogP) is 3.22. The second-order valence-corrected chi connectivity index (χ2v) is 8.20. The molecule has 2 fully saturated rings. The van der Waals surface area contributed by atoms with E-state index in [1.807, 2.05) is 0 Å². The zero-order chi connectivity index (χ0) is 16.6. The molecule has 4 heteroatoms. The molecule has 2 saturated heterocycles. The van der Waals surface area contributed by atoms with Crippen molar-refractivity contribution in [3.63, 3.8) is 0 Å². The third-order valence-electron chi connectivity index (χ3n) is 5.62. The van der Waals surface area contributed by atoms with Crippen molar-refractivity contribution in [3.05, 3.63) is 29.3 Å². The Morgan fingerprint density at radius 3 is 2.83 bits per heavy atom. The van der Waals surface area contributed by atoms with Crippen molar-refractivity contribution < 1.29 is 14.2 Å². The van der Waals surface area contributed by atoms with E-state index in [0.717, 1.165) is 64.2 Å². The van der Waals surface area contributed by atoms with E-state index in [-0.39, 0.29) is 11.2 Å². The van der Waals surface area contributed by atoms with E-state index in [1.54, 1.807) is 0 Å². The van der Waals surface area contributed by atoms with Gasteiger partial charge in [0.2, 0.25) is 0 Å². The highest BCUT2D eigenvalue weighted by Gasteiger charge is 2.38. The van der Waals surface area contributed by atoms with Crippen LogP contribution in [0.2, 0.25) is 0 Å². The largest absolute Gasteiger partial charge is 0.487 e. The molecule has 132 valence electrons. The smallest absolute Gasteiger partial charge is 0.123 e. The van der Waals surface area contributed by atoms with Gasteiger partial charge in [-0.15, -0.1) is 0 Å². The van der Waals surface area contributed by atoms with Gasteiger partial charge in [0.05, 0.1) is 5.60 Å². The molecule has 4 rings (SSSR count). The summed E-state index contributed by atoms with van der Waals surface area (Å²) in [4.78, 5) is 0. The molecule has 1 aromatic carbocycles. The molecule has 0 radical (unpaired) electrons. The Morgan fingerprint density at radius 1 is 1.17 bits per heavy atom. The lowest BCUT2D eigenvalue weighted by Crippen LogP contribution is -2.49. The number of rotatable bonds is 3. The van der Waals surface area contributed by atoms with Gasteiger partial charge in [0.15, 0.2) is 0 Å². The van der Waals surface area contributed by atoms with E-state index in [2.05, 4.69) is 37.4 Å². The summed E-state index contributed by atoms with van der Waals surface area (Å²) in [5.74, 6) is 1.05. The van der Waals surface area contributed by atoms with Gasteiger partial charge in [-0.25, -0.2) is 0 Å². The maximum atomic E-state index is 6.14. The molecule has 1 spiro atoms. The molecule has 4 nitrogen and oxygen atoms in total. The van der Waals surface area contributed by atoms with Gasteiger partial charge in [0.25, 0.3) is 0 Å². The molecule has 0 unspecified atom stereocenters. The van der Waals surface area contributed by atoms with Gasteiger partial charge in [0, 0.05) is 38.8 Å². The highest BCUT2D eigenvalue weighted by atomic mass is 16.5. The Labute approximate surface area is 144 Å². The molecule has 3 heterocycles. The summed E-state index contributed by atoms with van der Waals surface area (Å²) in [6.45, 7) is 7.77. The van der Waals surface area contributed by atoms with E-state index in [9.17, 15) is 0 Å². The fourth-order valence-electron chi connectivity index (χ4n) is 4.33. The minimum absolute atomic E-state index is 0.0595. The molecule has 1 atom stereocenters. The van der Waals surface area contributed by atoms with Crippen molar-refractivity contribution in [3.8, 4) is 5.75 Å².